The van der Waals surface area contributed by atoms with Gasteiger partial charge in [0.15, 0.2) is 0 Å². The van der Waals surface area contributed by atoms with Gasteiger partial charge in [-0.2, -0.15) is 8.78 Å². The fraction of sp³-hybridized carbons (Fsp3) is 0.111. The Kier molecular flexibility index (Phi) is 1.52. The molecule has 0 N–H and O–H groups in total. The molecular formula is C9H5F2NO. The average molecular weight is 181 g/mol. The van der Waals surface area contributed by atoms with Gasteiger partial charge in [-0.15, -0.1) is 0 Å². The van der Waals surface area contributed by atoms with Crippen molar-refractivity contribution < 1.29 is 13.6 Å². The lowest BCUT2D eigenvalue weighted by Crippen LogP contribution is -2.28. The summed E-state index contributed by atoms with van der Waals surface area (Å²) in [7, 11) is 0. The number of aliphatic imine (C=N–C) groups is 1. The SMILES string of the molecule is O=C1N=Cc2ccccc2C1(F)F. The van der Waals surface area contributed by atoms with Crippen LogP contribution in [-0.4, -0.2) is 12.1 Å². The number of rotatable bonds is 0. The number of amides is 1. The molecule has 0 saturated heterocycles. The van der Waals surface area contributed by atoms with Crippen molar-refractivity contribution in [2.24, 2.45) is 4.99 Å². The van der Waals surface area contributed by atoms with Crippen LogP contribution in [0.4, 0.5) is 8.78 Å². The van der Waals surface area contributed by atoms with E-state index in [4.69, 9.17) is 0 Å². The van der Waals surface area contributed by atoms with Gasteiger partial charge >= 0.3 is 11.8 Å². The molecule has 0 unspecified atom stereocenters. The first-order valence-corrected chi connectivity index (χ1v) is 3.68. The van der Waals surface area contributed by atoms with E-state index in [1.165, 1.54) is 18.2 Å². The molecule has 1 aromatic rings. The number of alkyl halides is 2. The van der Waals surface area contributed by atoms with E-state index in [0.717, 1.165) is 6.21 Å². The second-order valence-corrected chi connectivity index (χ2v) is 2.72. The molecule has 0 bridgehead atoms. The third kappa shape index (κ3) is 1.06. The van der Waals surface area contributed by atoms with E-state index in [2.05, 4.69) is 4.99 Å². The van der Waals surface area contributed by atoms with Crippen molar-refractivity contribution in [3.8, 4) is 0 Å². The first-order valence-electron chi connectivity index (χ1n) is 3.68. The summed E-state index contributed by atoms with van der Waals surface area (Å²) in [6.07, 6.45) is 1.16. The molecule has 0 atom stereocenters. The van der Waals surface area contributed by atoms with E-state index < -0.39 is 11.8 Å². The lowest BCUT2D eigenvalue weighted by atomic mass is 9.99. The zero-order chi connectivity index (χ0) is 9.47. The van der Waals surface area contributed by atoms with Crippen LogP contribution in [0.1, 0.15) is 11.1 Å². The third-order valence-electron chi connectivity index (χ3n) is 1.89. The van der Waals surface area contributed by atoms with E-state index in [-0.39, 0.29) is 5.56 Å². The van der Waals surface area contributed by atoms with Gasteiger partial charge in [0, 0.05) is 17.3 Å². The Hall–Kier alpha value is -1.58. The van der Waals surface area contributed by atoms with Gasteiger partial charge in [0.2, 0.25) is 0 Å². The Morgan fingerprint density at radius 3 is 2.69 bits per heavy atom. The number of nitrogens with zero attached hydrogens (tertiary/aromatic N) is 1. The number of hydrogen-bond donors (Lipinski definition) is 0. The normalized spacial score (nSPS) is 18.5. The fourth-order valence-corrected chi connectivity index (χ4v) is 1.22. The number of hydrogen-bond acceptors (Lipinski definition) is 1. The number of carbonyl (C=O) groups excluding carboxylic acids is 1. The highest BCUT2D eigenvalue weighted by atomic mass is 19.3. The van der Waals surface area contributed by atoms with Crippen molar-refractivity contribution in [1.82, 2.24) is 0 Å². The molecule has 1 amide bonds. The molecule has 0 spiro atoms. The van der Waals surface area contributed by atoms with Gasteiger partial charge in [-0.1, -0.05) is 24.3 Å². The van der Waals surface area contributed by atoms with E-state index in [1.807, 2.05) is 0 Å². The standard InChI is InChI=1S/C9H5F2NO/c10-9(11)7-4-2-1-3-6(7)5-12-8(9)13/h1-5H. The van der Waals surface area contributed by atoms with Gasteiger partial charge in [-0.05, 0) is 0 Å². The van der Waals surface area contributed by atoms with E-state index in [0.29, 0.717) is 5.56 Å². The predicted octanol–water partition coefficient (Wildman–Crippen LogP) is 1.74. The van der Waals surface area contributed by atoms with Crippen molar-refractivity contribution in [2.45, 2.75) is 5.92 Å². The van der Waals surface area contributed by atoms with Crippen LogP contribution in [-0.2, 0) is 10.7 Å². The third-order valence-corrected chi connectivity index (χ3v) is 1.89. The molecular weight excluding hydrogens is 176 g/mol. The molecule has 1 aliphatic rings. The highest BCUT2D eigenvalue weighted by molar-refractivity contribution is 6.01. The molecule has 0 aliphatic carbocycles. The topological polar surface area (TPSA) is 29.4 Å². The van der Waals surface area contributed by atoms with E-state index >= 15 is 0 Å². The van der Waals surface area contributed by atoms with Crippen molar-refractivity contribution >= 4 is 12.1 Å². The van der Waals surface area contributed by atoms with Gasteiger partial charge in [-0.25, -0.2) is 4.99 Å². The van der Waals surface area contributed by atoms with Gasteiger partial charge in [0.1, 0.15) is 0 Å². The number of halogens is 2. The van der Waals surface area contributed by atoms with E-state index in [9.17, 15) is 13.6 Å². The van der Waals surface area contributed by atoms with Crippen molar-refractivity contribution in [3.05, 3.63) is 35.4 Å². The molecule has 13 heavy (non-hydrogen) atoms. The van der Waals surface area contributed by atoms with Crippen molar-refractivity contribution in [2.75, 3.05) is 0 Å². The molecule has 0 radical (unpaired) electrons. The highest BCUT2D eigenvalue weighted by Crippen LogP contribution is 2.33. The summed E-state index contributed by atoms with van der Waals surface area (Å²) in [4.78, 5) is 13.8. The first kappa shape index (κ1) is 8.04. The molecule has 2 rings (SSSR count). The zero-order valence-corrected chi connectivity index (χ0v) is 6.50. The van der Waals surface area contributed by atoms with Crippen molar-refractivity contribution in [1.29, 1.82) is 0 Å². The second-order valence-electron chi connectivity index (χ2n) is 2.72. The summed E-state index contributed by atoms with van der Waals surface area (Å²) in [5.74, 6) is -4.86. The van der Waals surface area contributed by atoms with Crippen LogP contribution < -0.4 is 0 Å². The van der Waals surface area contributed by atoms with Gasteiger partial charge in [0.25, 0.3) is 0 Å². The Morgan fingerprint density at radius 2 is 1.92 bits per heavy atom. The lowest BCUT2D eigenvalue weighted by Gasteiger charge is -2.18. The minimum Gasteiger partial charge on any atom is -0.265 e. The number of fused-ring (bicyclic) bond motifs is 1. The molecule has 1 heterocycles. The average Bonchev–Trinajstić information content (AvgIpc) is 2.13. The Morgan fingerprint density at radius 1 is 1.23 bits per heavy atom. The summed E-state index contributed by atoms with van der Waals surface area (Å²) in [5.41, 5.74) is 0.0297. The van der Waals surface area contributed by atoms with Gasteiger partial charge < -0.3 is 0 Å². The molecule has 1 aromatic carbocycles. The van der Waals surface area contributed by atoms with E-state index in [1.54, 1.807) is 6.07 Å². The molecule has 0 saturated carbocycles. The second kappa shape index (κ2) is 2.45. The summed E-state index contributed by atoms with van der Waals surface area (Å²) >= 11 is 0. The van der Waals surface area contributed by atoms with Gasteiger partial charge in [-0.3, -0.25) is 4.79 Å². The minimum absolute atomic E-state index is 0.269. The Balaban J connectivity index is 2.68. The van der Waals surface area contributed by atoms with Crippen LogP contribution in [0.25, 0.3) is 0 Å². The lowest BCUT2D eigenvalue weighted by molar-refractivity contribution is -0.143. The predicted molar refractivity (Wildman–Crippen MR) is 42.9 cm³/mol. The molecule has 0 fully saturated rings. The molecule has 1 aliphatic heterocycles. The van der Waals surface area contributed by atoms with Crippen LogP contribution in [0.15, 0.2) is 29.3 Å². The summed E-state index contributed by atoms with van der Waals surface area (Å²) < 4.78 is 26.3. The van der Waals surface area contributed by atoms with Gasteiger partial charge in [0.05, 0.1) is 0 Å². The maximum absolute atomic E-state index is 13.1. The monoisotopic (exact) mass is 181 g/mol. The minimum atomic E-state index is -3.47. The van der Waals surface area contributed by atoms with Crippen LogP contribution in [0, 0.1) is 0 Å². The van der Waals surface area contributed by atoms with Crippen LogP contribution in [0.5, 0.6) is 0 Å². The van der Waals surface area contributed by atoms with Crippen LogP contribution in [0.3, 0.4) is 0 Å². The smallest absolute Gasteiger partial charge is 0.265 e. The Bertz CT molecular complexity index is 398. The molecule has 2 nitrogen and oxygen atoms in total. The number of benzene rings is 1. The molecule has 4 heteroatoms. The zero-order valence-electron chi connectivity index (χ0n) is 6.50. The maximum atomic E-state index is 13.1. The summed E-state index contributed by atoms with van der Waals surface area (Å²) in [5, 5.41) is 0. The van der Waals surface area contributed by atoms with Crippen LogP contribution >= 0.6 is 0 Å². The fourth-order valence-electron chi connectivity index (χ4n) is 1.22. The van der Waals surface area contributed by atoms with Crippen LogP contribution in [0.2, 0.25) is 0 Å². The quantitative estimate of drug-likeness (QED) is 0.599. The Labute approximate surface area is 72.9 Å². The summed E-state index contributed by atoms with van der Waals surface area (Å²) in [6, 6.07) is 5.83. The maximum Gasteiger partial charge on any atom is 0.352 e. The molecule has 66 valence electrons. The summed E-state index contributed by atoms with van der Waals surface area (Å²) in [6.45, 7) is 0. The molecule has 0 aromatic heterocycles. The highest BCUT2D eigenvalue weighted by Gasteiger charge is 2.43. The first-order chi connectivity index (χ1) is 6.12. The number of carbonyl (C=O) groups is 1. The van der Waals surface area contributed by atoms with Crippen molar-refractivity contribution in [3.63, 3.8) is 0 Å². The largest absolute Gasteiger partial charge is 0.352 e.